The minimum absolute atomic E-state index is 0.114. The highest BCUT2D eigenvalue weighted by Gasteiger charge is 2.19. The number of benzene rings is 1. The Balaban J connectivity index is 1.78. The molecule has 6 heteroatoms. The molecule has 1 aromatic carbocycles. The Morgan fingerprint density at radius 2 is 1.95 bits per heavy atom. The molecule has 5 nitrogen and oxygen atoms in total. The fourth-order valence-corrected chi connectivity index (χ4v) is 3.06. The van der Waals surface area contributed by atoms with Gasteiger partial charge in [0.2, 0.25) is 0 Å². The van der Waals surface area contributed by atoms with Crippen molar-refractivity contribution < 1.29 is 12.7 Å². The highest BCUT2D eigenvalue weighted by molar-refractivity contribution is 7.86. The molecule has 0 saturated heterocycles. The molecular formula is C16H16N2O3S. The highest BCUT2D eigenvalue weighted by Crippen LogP contribution is 2.23. The van der Waals surface area contributed by atoms with Crippen molar-refractivity contribution in [3.63, 3.8) is 0 Å². The van der Waals surface area contributed by atoms with Crippen LogP contribution in [0.3, 0.4) is 0 Å². The normalized spacial score (nSPS) is 14.1. The summed E-state index contributed by atoms with van der Waals surface area (Å²) in [5, 5.41) is 0. The first-order valence-electron chi connectivity index (χ1n) is 6.97. The van der Waals surface area contributed by atoms with Crippen LogP contribution in [0.4, 0.5) is 0 Å². The van der Waals surface area contributed by atoms with E-state index in [1.54, 1.807) is 18.3 Å². The van der Waals surface area contributed by atoms with Gasteiger partial charge in [0, 0.05) is 6.20 Å². The van der Waals surface area contributed by atoms with Gasteiger partial charge in [-0.05, 0) is 43.5 Å². The van der Waals surface area contributed by atoms with Gasteiger partial charge in [-0.3, -0.25) is 4.98 Å². The zero-order valence-corrected chi connectivity index (χ0v) is 12.9. The molecule has 1 aromatic heterocycles. The van der Waals surface area contributed by atoms with Crippen LogP contribution in [0.15, 0.2) is 53.6 Å². The summed E-state index contributed by atoms with van der Waals surface area (Å²) in [7, 11) is -3.86. The van der Waals surface area contributed by atoms with E-state index < -0.39 is 10.1 Å². The molecule has 22 heavy (non-hydrogen) atoms. The highest BCUT2D eigenvalue weighted by atomic mass is 32.2. The van der Waals surface area contributed by atoms with Crippen molar-refractivity contribution in [3.8, 4) is 0 Å². The van der Waals surface area contributed by atoms with E-state index in [0.29, 0.717) is 5.70 Å². The van der Waals surface area contributed by atoms with E-state index in [1.807, 2.05) is 25.1 Å². The maximum Gasteiger partial charge on any atom is 0.317 e. The Kier molecular flexibility index (Phi) is 3.96. The van der Waals surface area contributed by atoms with E-state index in [9.17, 15) is 8.42 Å². The molecule has 3 rings (SSSR count). The fourth-order valence-electron chi connectivity index (χ4n) is 2.29. The molecule has 0 saturated carbocycles. The lowest BCUT2D eigenvalue weighted by Crippen LogP contribution is -2.21. The largest absolute Gasteiger partial charge is 0.317 e. The third kappa shape index (κ3) is 3.03. The second-order valence-electron chi connectivity index (χ2n) is 5.12. The van der Waals surface area contributed by atoms with Crippen LogP contribution in [0.1, 0.15) is 23.2 Å². The molecule has 0 radical (unpaired) electrons. The van der Waals surface area contributed by atoms with Crippen molar-refractivity contribution >= 4 is 15.8 Å². The SMILES string of the molecule is Cc1ccc(S(=O)(=O)ONC2=CCCc3cccnc32)cc1. The van der Waals surface area contributed by atoms with Gasteiger partial charge in [0.15, 0.2) is 0 Å². The predicted octanol–water partition coefficient (Wildman–Crippen LogP) is 2.59. The number of aryl methyl sites for hydroxylation is 2. The molecule has 2 aromatic rings. The number of pyridine rings is 1. The van der Waals surface area contributed by atoms with E-state index in [1.165, 1.54) is 12.1 Å². The molecular weight excluding hydrogens is 300 g/mol. The van der Waals surface area contributed by atoms with Crippen molar-refractivity contribution in [2.75, 3.05) is 0 Å². The van der Waals surface area contributed by atoms with Gasteiger partial charge in [0.25, 0.3) is 0 Å². The number of hydrogen-bond donors (Lipinski definition) is 1. The first-order chi connectivity index (χ1) is 10.6. The number of nitrogens with zero attached hydrogens (tertiary/aromatic N) is 1. The summed E-state index contributed by atoms with van der Waals surface area (Å²) in [6.45, 7) is 1.89. The third-order valence-electron chi connectivity index (χ3n) is 3.48. The van der Waals surface area contributed by atoms with Gasteiger partial charge in [-0.1, -0.05) is 29.8 Å². The second-order valence-corrected chi connectivity index (χ2v) is 6.67. The zero-order valence-electron chi connectivity index (χ0n) is 12.1. The van der Waals surface area contributed by atoms with Gasteiger partial charge in [0.05, 0.1) is 16.3 Å². The minimum Gasteiger partial charge on any atom is -0.254 e. The number of rotatable bonds is 4. The van der Waals surface area contributed by atoms with Gasteiger partial charge in [-0.2, -0.15) is 8.42 Å². The molecule has 0 atom stereocenters. The molecule has 0 amide bonds. The van der Waals surface area contributed by atoms with Crippen molar-refractivity contribution in [1.29, 1.82) is 0 Å². The lowest BCUT2D eigenvalue weighted by Gasteiger charge is -2.17. The van der Waals surface area contributed by atoms with Crippen molar-refractivity contribution in [1.82, 2.24) is 10.5 Å². The number of nitrogens with one attached hydrogen (secondary N) is 1. The standard InChI is InChI=1S/C16H16N2O3S/c1-12-7-9-14(10-8-12)22(19,20)21-18-15-6-2-4-13-5-3-11-17-16(13)15/h3,5-11,18H,2,4H2,1H3. The Bertz CT molecular complexity index is 812. The van der Waals surface area contributed by atoms with Crippen molar-refractivity contribution in [2.24, 2.45) is 0 Å². The minimum atomic E-state index is -3.86. The molecule has 0 unspecified atom stereocenters. The maximum absolute atomic E-state index is 12.2. The van der Waals surface area contributed by atoms with E-state index in [-0.39, 0.29) is 4.90 Å². The van der Waals surface area contributed by atoms with Crippen LogP contribution < -0.4 is 5.48 Å². The monoisotopic (exact) mass is 316 g/mol. The van der Waals surface area contributed by atoms with Gasteiger partial charge in [-0.25, -0.2) is 5.48 Å². The first kappa shape index (κ1) is 14.7. The summed E-state index contributed by atoms with van der Waals surface area (Å²) in [6.07, 6.45) is 5.27. The Morgan fingerprint density at radius 1 is 1.18 bits per heavy atom. The molecule has 1 aliphatic carbocycles. The number of hydroxylamine groups is 1. The molecule has 1 heterocycles. The molecule has 0 bridgehead atoms. The smallest absolute Gasteiger partial charge is 0.254 e. The van der Waals surface area contributed by atoms with Gasteiger partial charge in [0.1, 0.15) is 0 Å². The van der Waals surface area contributed by atoms with E-state index >= 15 is 0 Å². The maximum atomic E-state index is 12.2. The van der Waals surface area contributed by atoms with Crippen LogP contribution in [0.2, 0.25) is 0 Å². The predicted molar refractivity (Wildman–Crippen MR) is 83.1 cm³/mol. The van der Waals surface area contributed by atoms with Gasteiger partial charge < -0.3 is 0 Å². The summed E-state index contributed by atoms with van der Waals surface area (Å²) in [6, 6.07) is 10.3. The van der Waals surface area contributed by atoms with Gasteiger partial charge >= 0.3 is 10.1 Å². The molecule has 1 N–H and O–H groups in total. The number of fused-ring (bicyclic) bond motifs is 1. The quantitative estimate of drug-likeness (QED) is 0.878. The van der Waals surface area contributed by atoms with Crippen molar-refractivity contribution in [2.45, 2.75) is 24.7 Å². The lowest BCUT2D eigenvalue weighted by molar-refractivity contribution is 0.257. The average Bonchev–Trinajstić information content (AvgIpc) is 2.53. The second kappa shape index (κ2) is 5.90. The molecule has 0 fully saturated rings. The summed E-state index contributed by atoms with van der Waals surface area (Å²) in [4.78, 5) is 4.39. The van der Waals surface area contributed by atoms with Crippen LogP contribution in [0, 0.1) is 6.92 Å². The van der Waals surface area contributed by atoms with Crippen LogP contribution in [0.5, 0.6) is 0 Å². The summed E-state index contributed by atoms with van der Waals surface area (Å²) in [5.41, 5.74) is 5.91. The Labute approximate surface area is 129 Å². The number of hydrogen-bond acceptors (Lipinski definition) is 5. The average molecular weight is 316 g/mol. The van der Waals surface area contributed by atoms with Crippen LogP contribution in [-0.2, 0) is 20.8 Å². The Morgan fingerprint density at radius 3 is 2.73 bits per heavy atom. The van der Waals surface area contributed by atoms with E-state index in [0.717, 1.165) is 29.7 Å². The Hall–Kier alpha value is -2.18. The first-order valence-corrected chi connectivity index (χ1v) is 8.38. The number of allylic oxidation sites excluding steroid dienone is 1. The third-order valence-corrected chi connectivity index (χ3v) is 4.63. The van der Waals surface area contributed by atoms with Crippen LogP contribution in [-0.4, -0.2) is 13.4 Å². The van der Waals surface area contributed by atoms with Crippen LogP contribution in [0.25, 0.3) is 5.70 Å². The zero-order chi connectivity index (χ0) is 15.6. The van der Waals surface area contributed by atoms with E-state index in [4.69, 9.17) is 4.28 Å². The molecule has 0 aliphatic heterocycles. The summed E-state index contributed by atoms with van der Waals surface area (Å²) < 4.78 is 29.3. The summed E-state index contributed by atoms with van der Waals surface area (Å²) >= 11 is 0. The topological polar surface area (TPSA) is 68.3 Å². The summed E-state index contributed by atoms with van der Waals surface area (Å²) in [5.74, 6) is 0. The van der Waals surface area contributed by atoms with Crippen molar-refractivity contribution in [3.05, 3.63) is 65.5 Å². The van der Waals surface area contributed by atoms with Crippen LogP contribution >= 0.6 is 0 Å². The number of aromatic nitrogens is 1. The molecule has 114 valence electrons. The fraction of sp³-hybridized carbons (Fsp3) is 0.188. The van der Waals surface area contributed by atoms with Gasteiger partial charge in [-0.15, -0.1) is 4.28 Å². The molecule has 0 spiro atoms. The molecule has 1 aliphatic rings. The van der Waals surface area contributed by atoms with E-state index in [2.05, 4.69) is 10.5 Å². The lowest BCUT2D eigenvalue weighted by atomic mass is 10.0.